The maximum absolute atomic E-state index is 14.2. The standard InChI is InChI=1S/C26H21Cl2F5N4O2S/c1-2-39-18-6-3-13(11-16(18)28)25(38)35-26(40)34-14-4-5-17(15(27)12-14)36-7-9-37(10-8-36)24-22(32)20(30)19(29)21(31)23(24)33/h3-6,11-12H,2,7-10H2,1H3,(H2,34,35,38,40). The summed E-state index contributed by atoms with van der Waals surface area (Å²) in [4.78, 5) is 15.5. The highest BCUT2D eigenvalue weighted by Gasteiger charge is 2.31. The first-order valence-corrected chi connectivity index (χ1v) is 13.0. The predicted octanol–water partition coefficient (Wildman–Crippen LogP) is 6.54. The Kier molecular flexibility index (Phi) is 9.22. The molecule has 14 heteroatoms. The van der Waals surface area contributed by atoms with Crippen LogP contribution in [0.4, 0.5) is 39.0 Å². The van der Waals surface area contributed by atoms with Crippen molar-refractivity contribution in [1.82, 2.24) is 5.32 Å². The molecule has 0 radical (unpaired) electrons. The normalized spacial score (nSPS) is 13.3. The number of carbonyl (C=O) groups excluding carboxylic acids is 1. The van der Waals surface area contributed by atoms with E-state index >= 15 is 0 Å². The molecule has 0 aromatic heterocycles. The van der Waals surface area contributed by atoms with Crippen molar-refractivity contribution in [1.29, 1.82) is 0 Å². The minimum Gasteiger partial charge on any atom is -0.492 e. The fourth-order valence-corrected chi connectivity index (χ4v) is 4.88. The second kappa shape index (κ2) is 12.4. The average molecular weight is 619 g/mol. The van der Waals surface area contributed by atoms with Crippen molar-refractivity contribution >= 4 is 63.5 Å². The highest BCUT2D eigenvalue weighted by Crippen LogP contribution is 2.34. The van der Waals surface area contributed by atoms with Crippen LogP contribution in [0.25, 0.3) is 0 Å². The number of halogens is 7. The number of thiocarbonyl (C=S) groups is 1. The van der Waals surface area contributed by atoms with Gasteiger partial charge in [0.2, 0.25) is 5.82 Å². The Morgan fingerprint density at radius 2 is 1.48 bits per heavy atom. The molecule has 0 aliphatic carbocycles. The minimum absolute atomic E-state index is 0.00949. The van der Waals surface area contributed by atoms with Crippen LogP contribution in [0.1, 0.15) is 17.3 Å². The molecule has 212 valence electrons. The molecule has 1 fully saturated rings. The van der Waals surface area contributed by atoms with E-state index in [4.69, 9.17) is 40.2 Å². The third-order valence-corrected chi connectivity index (χ3v) is 6.85. The number of amides is 1. The molecule has 40 heavy (non-hydrogen) atoms. The first-order valence-electron chi connectivity index (χ1n) is 11.9. The molecule has 0 atom stereocenters. The molecule has 6 nitrogen and oxygen atoms in total. The molecule has 1 saturated heterocycles. The zero-order chi connectivity index (χ0) is 29.1. The summed E-state index contributed by atoms with van der Waals surface area (Å²) in [5.41, 5.74) is 0.382. The molecule has 3 aromatic carbocycles. The number of anilines is 3. The van der Waals surface area contributed by atoms with Crippen LogP contribution in [-0.4, -0.2) is 43.8 Å². The summed E-state index contributed by atoms with van der Waals surface area (Å²) in [5, 5.41) is 6.01. The predicted molar refractivity (Wildman–Crippen MR) is 148 cm³/mol. The van der Waals surface area contributed by atoms with Gasteiger partial charge in [-0.25, -0.2) is 22.0 Å². The molecular weight excluding hydrogens is 598 g/mol. The fraction of sp³-hybridized carbons (Fsp3) is 0.231. The third kappa shape index (κ3) is 6.18. The van der Waals surface area contributed by atoms with Crippen LogP contribution >= 0.6 is 35.4 Å². The van der Waals surface area contributed by atoms with E-state index in [0.717, 1.165) is 4.90 Å². The number of hydrogen-bond acceptors (Lipinski definition) is 5. The number of rotatable bonds is 6. The van der Waals surface area contributed by atoms with Gasteiger partial charge < -0.3 is 19.9 Å². The molecule has 0 bridgehead atoms. The molecule has 0 spiro atoms. The highest BCUT2D eigenvalue weighted by atomic mass is 35.5. The van der Waals surface area contributed by atoms with Crippen molar-refractivity contribution in [3.8, 4) is 5.75 Å². The van der Waals surface area contributed by atoms with E-state index in [1.54, 1.807) is 30.3 Å². The summed E-state index contributed by atoms with van der Waals surface area (Å²) < 4.78 is 74.4. The van der Waals surface area contributed by atoms with E-state index < -0.39 is 40.7 Å². The SMILES string of the molecule is CCOc1ccc(C(=O)NC(=S)Nc2ccc(N3CCN(c4c(F)c(F)c(F)c(F)c4F)CC3)c(Cl)c2)cc1Cl. The van der Waals surface area contributed by atoms with E-state index in [1.165, 1.54) is 6.07 Å². The number of hydrogen-bond donors (Lipinski definition) is 2. The van der Waals surface area contributed by atoms with Crippen LogP contribution in [0.3, 0.4) is 0 Å². The van der Waals surface area contributed by atoms with Gasteiger partial charge in [0.15, 0.2) is 28.4 Å². The smallest absolute Gasteiger partial charge is 0.257 e. The summed E-state index contributed by atoms with van der Waals surface area (Å²) >= 11 is 17.8. The Bertz CT molecular complexity index is 1440. The lowest BCUT2D eigenvalue weighted by Gasteiger charge is -2.38. The largest absolute Gasteiger partial charge is 0.492 e. The summed E-state index contributed by atoms with van der Waals surface area (Å²) in [6.07, 6.45) is 0. The summed E-state index contributed by atoms with van der Waals surface area (Å²) in [7, 11) is 0. The van der Waals surface area contributed by atoms with Crippen LogP contribution in [0.2, 0.25) is 10.0 Å². The lowest BCUT2D eigenvalue weighted by atomic mass is 10.2. The van der Waals surface area contributed by atoms with Crippen molar-refractivity contribution in [3.63, 3.8) is 0 Å². The van der Waals surface area contributed by atoms with Crippen LogP contribution in [0.5, 0.6) is 5.75 Å². The van der Waals surface area contributed by atoms with Gasteiger partial charge in [-0.3, -0.25) is 10.1 Å². The summed E-state index contributed by atoms with van der Waals surface area (Å²) in [6.45, 7) is 2.61. The van der Waals surface area contributed by atoms with Gasteiger partial charge in [0.1, 0.15) is 11.4 Å². The Morgan fingerprint density at radius 1 is 0.875 bits per heavy atom. The van der Waals surface area contributed by atoms with Crippen molar-refractivity contribution < 1.29 is 31.5 Å². The highest BCUT2D eigenvalue weighted by molar-refractivity contribution is 7.80. The van der Waals surface area contributed by atoms with E-state index in [9.17, 15) is 26.7 Å². The van der Waals surface area contributed by atoms with E-state index in [2.05, 4.69) is 10.6 Å². The number of carbonyl (C=O) groups is 1. The molecule has 2 N–H and O–H groups in total. The number of nitrogens with zero attached hydrogens (tertiary/aromatic N) is 2. The van der Waals surface area contributed by atoms with E-state index in [-0.39, 0.29) is 41.9 Å². The number of benzene rings is 3. The first kappa shape index (κ1) is 29.6. The quantitative estimate of drug-likeness (QED) is 0.142. The molecule has 0 saturated carbocycles. The number of piperazine rings is 1. The van der Waals surface area contributed by atoms with Crippen molar-refractivity contribution in [2.24, 2.45) is 0 Å². The molecular formula is C26H21Cl2F5N4O2S. The fourth-order valence-electron chi connectivity index (χ4n) is 4.14. The molecule has 3 aromatic rings. The zero-order valence-electron chi connectivity index (χ0n) is 20.8. The van der Waals surface area contributed by atoms with Gasteiger partial charge in [-0.1, -0.05) is 23.2 Å². The van der Waals surface area contributed by atoms with Crippen LogP contribution < -0.4 is 25.2 Å². The van der Waals surface area contributed by atoms with Crippen LogP contribution in [-0.2, 0) is 0 Å². The van der Waals surface area contributed by atoms with Gasteiger partial charge in [-0.2, -0.15) is 0 Å². The first-order chi connectivity index (χ1) is 19.0. The van der Waals surface area contributed by atoms with Crippen molar-refractivity contribution in [3.05, 3.63) is 81.1 Å². The Morgan fingerprint density at radius 3 is 2.05 bits per heavy atom. The lowest BCUT2D eigenvalue weighted by molar-refractivity contribution is 0.0977. The lowest BCUT2D eigenvalue weighted by Crippen LogP contribution is -2.47. The third-order valence-electron chi connectivity index (χ3n) is 6.05. The molecule has 1 amide bonds. The van der Waals surface area contributed by atoms with E-state index in [1.807, 2.05) is 11.8 Å². The van der Waals surface area contributed by atoms with E-state index in [0.29, 0.717) is 28.8 Å². The summed E-state index contributed by atoms with van der Waals surface area (Å²) in [5.74, 6) is -9.94. The monoisotopic (exact) mass is 618 g/mol. The van der Waals surface area contributed by atoms with Crippen LogP contribution in [0, 0.1) is 29.1 Å². The van der Waals surface area contributed by atoms with Crippen molar-refractivity contribution in [2.75, 3.05) is 47.9 Å². The number of nitrogens with one attached hydrogen (secondary N) is 2. The topological polar surface area (TPSA) is 56.8 Å². The van der Waals surface area contributed by atoms with Gasteiger partial charge in [0.25, 0.3) is 5.91 Å². The van der Waals surface area contributed by atoms with Gasteiger partial charge in [-0.05, 0) is 55.5 Å². The van der Waals surface area contributed by atoms with Gasteiger partial charge >= 0.3 is 0 Å². The maximum atomic E-state index is 14.2. The second-order valence-corrected chi connectivity index (χ2v) is 9.77. The number of ether oxygens (including phenoxy) is 1. The second-order valence-electron chi connectivity index (χ2n) is 8.55. The molecule has 1 aliphatic rings. The molecule has 4 rings (SSSR count). The average Bonchev–Trinajstić information content (AvgIpc) is 2.92. The molecule has 1 aliphatic heterocycles. The Balaban J connectivity index is 1.37. The Labute approximate surface area is 241 Å². The zero-order valence-corrected chi connectivity index (χ0v) is 23.1. The maximum Gasteiger partial charge on any atom is 0.257 e. The van der Waals surface area contributed by atoms with Gasteiger partial charge in [-0.15, -0.1) is 0 Å². The van der Waals surface area contributed by atoms with Gasteiger partial charge in [0.05, 0.1) is 22.3 Å². The summed E-state index contributed by atoms with van der Waals surface area (Å²) in [6, 6.07) is 9.49. The minimum atomic E-state index is -2.20. The molecule has 0 unspecified atom stereocenters. The van der Waals surface area contributed by atoms with Crippen LogP contribution in [0.15, 0.2) is 36.4 Å². The van der Waals surface area contributed by atoms with Crippen molar-refractivity contribution in [2.45, 2.75) is 6.92 Å². The molecule has 1 heterocycles. The van der Waals surface area contributed by atoms with Gasteiger partial charge in [0, 0.05) is 37.4 Å². The Hall–Kier alpha value is -3.35.